The molecule has 346 valence electrons. The van der Waals surface area contributed by atoms with Crippen LogP contribution < -0.4 is 9.80 Å². The van der Waals surface area contributed by atoms with E-state index in [-0.39, 0.29) is 16.2 Å². The number of anilines is 6. The SMILES string of the molecule is CC(C)(C)c1ccc(N(c2ccc3cc4c(cc3c2)C(C)(C)c2cc3cc(N(c5ccc(C(C)(C)C)cc5)c5cccc6c5oc5ccccc56)ccc3cc2-4)c2cccc3c2oc2ccccc23)cc1. The minimum atomic E-state index is -0.246. The van der Waals surface area contributed by atoms with Crippen LogP contribution in [0.2, 0.25) is 0 Å². The van der Waals surface area contributed by atoms with Crippen LogP contribution in [0.25, 0.3) is 76.5 Å². The summed E-state index contributed by atoms with van der Waals surface area (Å²) in [5, 5.41) is 9.29. The first-order valence-electron chi connectivity index (χ1n) is 25.0. The number of fused-ring (bicyclic) bond motifs is 11. The number of nitrogens with zero attached hydrogens (tertiary/aromatic N) is 2. The van der Waals surface area contributed by atoms with E-state index in [1.54, 1.807) is 0 Å². The molecular weight excluding hydrogens is 865 g/mol. The lowest BCUT2D eigenvalue weighted by Crippen LogP contribution is -2.15. The first-order valence-corrected chi connectivity index (χ1v) is 25.0. The lowest BCUT2D eigenvalue weighted by Gasteiger charge is -2.27. The van der Waals surface area contributed by atoms with Gasteiger partial charge in [0.1, 0.15) is 11.2 Å². The van der Waals surface area contributed by atoms with Crippen molar-refractivity contribution in [2.75, 3.05) is 9.80 Å². The summed E-state index contributed by atoms with van der Waals surface area (Å²) >= 11 is 0. The number of hydrogen-bond acceptors (Lipinski definition) is 4. The van der Waals surface area contributed by atoms with Gasteiger partial charge in [0.05, 0.1) is 11.4 Å². The monoisotopic (exact) mass is 920 g/mol. The Morgan fingerprint density at radius 3 is 1.14 bits per heavy atom. The van der Waals surface area contributed by atoms with Gasteiger partial charge in [-0.3, -0.25) is 0 Å². The van der Waals surface area contributed by atoms with E-state index in [2.05, 4.69) is 247 Å². The number of hydrogen-bond donors (Lipinski definition) is 0. The van der Waals surface area contributed by atoms with Crippen LogP contribution in [0.3, 0.4) is 0 Å². The molecule has 0 bridgehead atoms. The third kappa shape index (κ3) is 6.87. The quantitative estimate of drug-likeness (QED) is 0.166. The molecule has 2 aromatic heterocycles. The van der Waals surface area contributed by atoms with E-state index in [1.165, 1.54) is 54.9 Å². The highest BCUT2D eigenvalue weighted by molar-refractivity contribution is 6.12. The maximum absolute atomic E-state index is 6.69. The highest BCUT2D eigenvalue weighted by Gasteiger charge is 2.36. The normalized spacial score (nSPS) is 13.5. The molecule has 0 saturated carbocycles. The second kappa shape index (κ2) is 15.5. The van der Waals surface area contributed by atoms with Crippen LogP contribution in [0.5, 0.6) is 0 Å². The molecule has 71 heavy (non-hydrogen) atoms. The number of furan rings is 2. The average Bonchev–Trinajstić information content (AvgIpc) is 4.01. The van der Waals surface area contributed by atoms with E-state index in [0.717, 1.165) is 78.0 Å². The Balaban J connectivity index is 0.929. The highest BCUT2D eigenvalue weighted by atomic mass is 16.3. The molecule has 0 N–H and O–H groups in total. The Bertz CT molecular complexity index is 3830. The summed E-state index contributed by atoms with van der Waals surface area (Å²) in [5.41, 5.74) is 17.6. The molecule has 13 rings (SSSR count). The molecule has 0 amide bonds. The van der Waals surface area contributed by atoms with Gasteiger partial charge in [-0.15, -0.1) is 0 Å². The predicted molar refractivity (Wildman–Crippen MR) is 300 cm³/mol. The van der Waals surface area contributed by atoms with Gasteiger partial charge >= 0.3 is 0 Å². The van der Waals surface area contributed by atoms with E-state index >= 15 is 0 Å². The lowest BCUT2D eigenvalue weighted by atomic mass is 9.81. The fraction of sp³-hybridized carbons (Fsp3) is 0.164. The maximum atomic E-state index is 6.69. The number of para-hydroxylation sites is 4. The van der Waals surface area contributed by atoms with Gasteiger partial charge < -0.3 is 18.6 Å². The molecule has 10 aromatic carbocycles. The van der Waals surface area contributed by atoms with E-state index < -0.39 is 0 Å². The Labute approximate surface area is 415 Å². The zero-order chi connectivity index (χ0) is 48.6. The molecule has 2 heterocycles. The predicted octanol–water partition coefficient (Wildman–Crippen LogP) is 19.6. The first kappa shape index (κ1) is 43.0. The number of benzene rings is 10. The van der Waals surface area contributed by atoms with Crippen molar-refractivity contribution >= 4 is 99.5 Å². The van der Waals surface area contributed by atoms with Crippen LogP contribution in [-0.4, -0.2) is 0 Å². The molecule has 4 nitrogen and oxygen atoms in total. The van der Waals surface area contributed by atoms with Crippen molar-refractivity contribution < 1.29 is 8.83 Å². The largest absolute Gasteiger partial charge is 0.454 e. The molecule has 0 aliphatic heterocycles. The molecular formula is C67H56N2O2. The lowest BCUT2D eigenvalue weighted by molar-refractivity contribution is 0.590. The summed E-state index contributed by atoms with van der Waals surface area (Å²) in [7, 11) is 0. The van der Waals surface area contributed by atoms with Crippen LogP contribution in [0.4, 0.5) is 34.1 Å². The minimum Gasteiger partial charge on any atom is -0.454 e. The van der Waals surface area contributed by atoms with Gasteiger partial charge in [0.25, 0.3) is 0 Å². The summed E-state index contributed by atoms with van der Waals surface area (Å²) < 4.78 is 13.4. The van der Waals surface area contributed by atoms with Crippen molar-refractivity contribution in [1.82, 2.24) is 0 Å². The van der Waals surface area contributed by atoms with Gasteiger partial charge in [0, 0.05) is 49.7 Å². The topological polar surface area (TPSA) is 32.8 Å². The molecule has 0 spiro atoms. The molecule has 0 unspecified atom stereocenters. The third-order valence-corrected chi connectivity index (χ3v) is 15.3. The van der Waals surface area contributed by atoms with Crippen molar-refractivity contribution in [3.8, 4) is 11.1 Å². The van der Waals surface area contributed by atoms with Crippen LogP contribution >= 0.6 is 0 Å². The van der Waals surface area contributed by atoms with E-state index in [4.69, 9.17) is 8.83 Å². The van der Waals surface area contributed by atoms with Crippen molar-refractivity contribution in [1.29, 1.82) is 0 Å². The average molecular weight is 921 g/mol. The molecule has 1 aliphatic rings. The second-order valence-electron chi connectivity index (χ2n) is 22.3. The second-order valence-corrected chi connectivity index (χ2v) is 22.3. The molecule has 0 saturated heterocycles. The first-order chi connectivity index (χ1) is 34.2. The van der Waals surface area contributed by atoms with Crippen LogP contribution in [0, 0.1) is 0 Å². The Hall–Kier alpha value is -8.08. The van der Waals surface area contributed by atoms with Crippen molar-refractivity contribution in [2.45, 2.75) is 71.6 Å². The minimum absolute atomic E-state index is 0.0363. The van der Waals surface area contributed by atoms with Crippen LogP contribution in [0.15, 0.2) is 203 Å². The molecule has 4 heteroatoms. The van der Waals surface area contributed by atoms with Gasteiger partial charge in [0.15, 0.2) is 11.2 Å². The molecule has 1 aliphatic carbocycles. The van der Waals surface area contributed by atoms with Crippen LogP contribution in [-0.2, 0) is 16.2 Å². The highest BCUT2D eigenvalue weighted by Crippen LogP contribution is 2.53. The third-order valence-electron chi connectivity index (χ3n) is 15.3. The van der Waals surface area contributed by atoms with Gasteiger partial charge in [-0.1, -0.05) is 152 Å². The number of rotatable bonds is 6. The zero-order valence-corrected chi connectivity index (χ0v) is 41.7. The fourth-order valence-corrected chi connectivity index (χ4v) is 11.4. The van der Waals surface area contributed by atoms with E-state index in [0.29, 0.717) is 0 Å². The summed E-state index contributed by atoms with van der Waals surface area (Å²) in [6.45, 7) is 18.4. The summed E-state index contributed by atoms with van der Waals surface area (Å²) in [6, 6.07) is 71.4. The molecule has 12 aromatic rings. The van der Waals surface area contributed by atoms with Crippen molar-refractivity contribution in [3.05, 3.63) is 216 Å². The molecule has 0 radical (unpaired) electrons. The Kier molecular flexibility index (Phi) is 9.36. The Morgan fingerprint density at radius 2 is 0.732 bits per heavy atom. The van der Waals surface area contributed by atoms with E-state index in [9.17, 15) is 0 Å². The maximum Gasteiger partial charge on any atom is 0.159 e. The van der Waals surface area contributed by atoms with Gasteiger partial charge in [-0.25, -0.2) is 0 Å². The summed E-state index contributed by atoms with van der Waals surface area (Å²) in [6.07, 6.45) is 0. The van der Waals surface area contributed by atoms with Gasteiger partial charge in [-0.05, 0) is 163 Å². The Morgan fingerprint density at radius 1 is 0.352 bits per heavy atom. The molecule has 0 atom stereocenters. The molecule has 0 fully saturated rings. The van der Waals surface area contributed by atoms with E-state index in [1.807, 2.05) is 12.1 Å². The van der Waals surface area contributed by atoms with Gasteiger partial charge in [-0.2, -0.15) is 0 Å². The smallest absolute Gasteiger partial charge is 0.159 e. The van der Waals surface area contributed by atoms with Crippen LogP contribution in [0.1, 0.15) is 77.6 Å². The summed E-state index contributed by atoms with van der Waals surface area (Å²) in [4.78, 5) is 4.73. The zero-order valence-electron chi connectivity index (χ0n) is 41.7. The summed E-state index contributed by atoms with van der Waals surface area (Å²) in [5.74, 6) is 0. The van der Waals surface area contributed by atoms with Crippen molar-refractivity contribution in [3.63, 3.8) is 0 Å². The van der Waals surface area contributed by atoms with Gasteiger partial charge in [0.2, 0.25) is 0 Å². The fourth-order valence-electron chi connectivity index (χ4n) is 11.4. The van der Waals surface area contributed by atoms with Crippen molar-refractivity contribution in [2.24, 2.45) is 0 Å². The standard InChI is InChI=1S/C67H56N2O2/c1-65(2,3)45-25-31-47(32-26-45)68(59-19-13-17-53-51-15-9-11-21-61(51)70-63(53)59)49-29-23-41-37-55-56-38-42-24-30-50(36-44(42)40-58(56)67(7,8)57(55)39-43(41)35-49)69(48-33-27-46(28-34-48)66(4,5)6)60-20-14-18-54-52-16-10-12-22-62(52)71-64(54)60/h9-40H,1-8H3.